The highest BCUT2D eigenvalue weighted by atomic mass is 16.5. The molecule has 22 heavy (non-hydrogen) atoms. The summed E-state index contributed by atoms with van der Waals surface area (Å²) in [5, 5.41) is 3.56. The monoisotopic (exact) mass is 297 g/mol. The van der Waals surface area contributed by atoms with E-state index in [2.05, 4.69) is 68.6 Å². The first-order chi connectivity index (χ1) is 10.7. The molecule has 0 amide bonds. The maximum absolute atomic E-state index is 5.90. The topological polar surface area (TPSA) is 21.3 Å². The summed E-state index contributed by atoms with van der Waals surface area (Å²) in [6, 6.07) is 16.8. The molecule has 2 rings (SSSR count). The molecule has 0 aliphatic heterocycles. The Balaban J connectivity index is 2.05. The largest absolute Gasteiger partial charge is 0.493 e. The molecule has 2 nitrogen and oxygen atoms in total. The Morgan fingerprint density at radius 1 is 1.00 bits per heavy atom. The number of hydrogen-bond donors (Lipinski definition) is 1. The summed E-state index contributed by atoms with van der Waals surface area (Å²) in [7, 11) is 0. The van der Waals surface area contributed by atoms with Crippen molar-refractivity contribution in [2.45, 2.75) is 46.1 Å². The van der Waals surface area contributed by atoms with Gasteiger partial charge in [0.05, 0.1) is 6.61 Å². The third-order valence-corrected chi connectivity index (χ3v) is 3.78. The van der Waals surface area contributed by atoms with Crippen LogP contribution >= 0.6 is 0 Å². The number of nitrogens with one attached hydrogen (secondary N) is 1. The van der Waals surface area contributed by atoms with E-state index in [0.717, 1.165) is 31.7 Å². The number of rotatable bonds is 8. The van der Waals surface area contributed by atoms with Crippen LogP contribution in [0.3, 0.4) is 0 Å². The van der Waals surface area contributed by atoms with E-state index in [1.54, 1.807) is 0 Å². The second-order valence-corrected chi connectivity index (χ2v) is 5.91. The van der Waals surface area contributed by atoms with Crippen molar-refractivity contribution in [3.8, 4) is 5.75 Å². The molecule has 0 aliphatic carbocycles. The average molecular weight is 297 g/mol. The minimum Gasteiger partial charge on any atom is -0.493 e. The lowest BCUT2D eigenvalue weighted by Gasteiger charge is -2.16. The SMILES string of the molecule is CCCCOc1ccccc1CNc1ccccc1C(C)C. The number of benzene rings is 2. The maximum atomic E-state index is 5.90. The fourth-order valence-corrected chi connectivity index (χ4v) is 2.47. The van der Waals surface area contributed by atoms with Gasteiger partial charge >= 0.3 is 0 Å². The zero-order chi connectivity index (χ0) is 15.8. The zero-order valence-electron chi connectivity index (χ0n) is 13.9. The predicted molar refractivity (Wildman–Crippen MR) is 94.7 cm³/mol. The van der Waals surface area contributed by atoms with Crippen LogP contribution in [0, 0.1) is 0 Å². The van der Waals surface area contributed by atoms with Gasteiger partial charge in [-0.15, -0.1) is 0 Å². The molecule has 0 aliphatic rings. The minimum atomic E-state index is 0.514. The lowest BCUT2D eigenvalue weighted by molar-refractivity contribution is 0.306. The zero-order valence-corrected chi connectivity index (χ0v) is 13.9. The summed E-state index contributed by atoms with van der Waals surface area (Å²) in [4.78, 5) is 0. The third-order valence-electron chi connectivity index (χ3n) is 3.78. The number of anilines is 1. The molecule has 118 valence electrons. The van der Waals surface area contributed by atoms with E-state index in [9.17, 15) is 0 Å². The quantitative estimate of drug-likeness (QED) is 0.640. The average Bonchev–Trinajstić information content (AvgIpc) is 2.54. The van der Waals surface area contributed by atoms with Crippen LogP contribution in [-0.2, 0) is 6.54 Å². The Morgan fingerprint density at radius 3 is 2.50 bits per heavy atom. The van der Waals surface area contributed by atoms with Gasteiger partial charge in [-0.25, -0.2) is 0 Å². The van der Waals surface area contributed by atoms with Crippen molar-refractivity contribution in [1.82, 2.24) is 0 Å². The molecule has 0 atom stereocenters. The van der Waals surface area contributed by atoms with Crippen LogP contribution in [0.15, 0.2) is 48.5 Å². The second kappa shape index (κ2) is 8.47. The number of hydrogen-bond acceptors (Lipinski definition) is 2. The van der Waals surface area contributed by atoms with Crippen molar-refractivity contribution < 1.29 is 4.74 Å². The molecule has 0 radical (unpaired) electrons. The summed E-state index contributed by atoms with van der Waals surface area (Å²) in [6.45, 7) is 8.20. The Bertz CT molecular complexity index is 577. The van der Waals surface area contributed by atoms with Gasteiger partial charge in [0.1, 0.15) is 5.75 Å². The molecule has 0 fully saturated rings. The minimum absolute atomic E-state index is 0.514. The summed E-state index contributed by atoms with van der Waals surface area (Å²) in [5.74, 6) is 1.50. The normalized spacial score (nSPS) is 10.7. The van der Waals surface area contributed by atoms with E-state index in [1.165, 1.54) is 16.8 Å². The first-order valence-corrected chi connectivity index (χ1v) is 8.26. The summed E-state index contributed by atoms with van der Waals surface area (Å²) >= 11 is 0. The maximum Gasteiger partial charge on any atom is 0.124 e. The smallest absolute Gasteiger partial charge is 0.124 e. The highest BCUT2D eigenvalue weighted by Gasteiger charge is 2.07. The molecule has 2 aromatic carbocycles. The van der Waals surface area contributed by atoms with Gasteiger partial charge in [-0.2, -0.15) is 0 Å². The van der Waals surface area contributed by atoms with Gasteiger partial charge in [-0.1, -0.05) is 63.6 Å². The van der Waals surface area contributed by atoms with Crippen LogP contribution in [0.1, 0.15) is 50.7 Å². The molecule has 0 unspecified atom stereocenters. The molecule has 0 bridgehead atoms. The van der Waals surface area contributed by atoms with Crippen molar-refractivity contribution >= 4 is 5.69 Å². The molecule has 1 N–H and O–H groups in total. The van der Waals surface area contributed by atoms with Crippen molar-refractivity contribution in [2.75, 3.05) is 11.9 Å². The lowest BCUT2D eigenvalue weighted by atomic mass is 10.0. The molecule has 0 heterocycles. The number of unbranched alkanes of at least 4 members (excludes halogenated alkanes) is 1. The van der Waals surface area contributed by atoms with Gasteiger partial charge in [-0.05, 0) is 30.0 Å². The molecule has 2 aromatic rings. The van der Waals surface area contributed by atoms with Crippen LogP contribution < -0.4 is 10.1 Å². The first-order valence-electron chi connectivity index (χ1n) is 8.26. The van der Waals surface area contributed by atoms with E-state index in [0.29, 0.717) is 5.92 Å². The Kier molecular flexibility index (Phi) is 6.32. The standard InChI is InChI=1S/C20H27NO/c1-4-5-14-22-20-13-9-6-10-17(20)15-21-19-12-8-7-11-18(19)16(2)3/h6-13,16,21H,4-5,14-15H2,1-3H3. The second-order valence-electron chi connectivity index (χ2n) is 5.91. The van der Waals surface area contributed by atoms with E-state index in [4.69, 9.17) is 4.74 Å². The van der Waals surface area contributed by atoms with E-state index >= 15 is 0 Å². The first kappa shape index (κ1) is 16.4. The fourth-order valence-electron chi connectivity index (χ4n) is 2.47. The van der Waals surface area contributed by atoms with Crippen LogP contribution in [-0.4, -0.2) is 6.61 Å². The van der Waals surface area contributed by atoms with E-state index < -0.39 is 0 Å². The molecular weight excluding hydrogens is 270 g/mol. The molecule has 0 saturated carbocycles. The molecular formula is C20H27NO. The Hall–Kier alpha value is -1.96. The summed E-state index contributed by atoms with van der Waals surface area (Å²) in [6.07, 6.45) is 2.25. The highest BCUT2D eigenvalue weighted by molar-refractivity contribution is 5.53. The van der Waals surface area contributed by atoms with Crippen LogP contribution in [0.4, 0.5) is 5.69 Å². The lowest BCUT2D eigenvalue weighted by Crippen LogP contribution is -2.06. The van der Waals surface area contributed by atoms with Crippen LogP contribution in [0.5, 0.6) is 5.75 Å². The summed E-state index contributed by atoms with van der Waals surface area (Å²) in [5.41, 5.74) is 3.77. The third kappa shape index (κ3) is 4.52. The highest BCUT2D eigenvalue weighted by Crippen LogP contribution is 2.25. The van der Waals surface area contributed by atoms with Gasteiger partial charge in [0.25, 0.3) is 0 Å². The van der Waals surface area contributed by atoms with Crippen LogP contribution in [0.2, 0.25) is 0 Å². The molecule has 0 spiro atoms. The van der Waals surface area contributed by atoms with Crippen molar-refractivity contribution in [1.29, 1.82) is 0 Å². The van der Waals surface area contributed by atoms with Gasteiger partial charge < -0.3 is 10.1 Å². The number of para-hydroxylation sites is 2. The molecule has 0 aromatic heterocycles. The van der Waals surface area contributed by atoms with Crippen LogP contribution in [0.25, 0.3) is 0 Å². The van der Waals surface area contributed by atoms with E-state index in [-0.39, 0.29) is 0 Å². The molecule has 0 saturated heterocycles. The van der Waals surface area contributed by atoms with Crippen molar-refractivity contribution in [3.63, 3.8) is 0 Å². The number of ether oxygens (including phenoxy) is 1. The molecule has 2 heteroatoms. The summed E-state index contributed by atoms with van der Waals surface area (Å²) < 4.78 is 5.90. The van der Waals surface area contributed by atoms with Crippen molar-refractivity contribution in [3.05, 3.63) is 59.7 Å². The van der Waals surface area contributed by atoms with E-state index in [1.807, 2.05) is 6.07 Å². The Labute approximate surface area is 134 Å². The fraction of sp³-hybridized carbons (Fsp3) is 0.400. The Morgan fingerprint density at radius 2 is 1.73 bits per heavy atom. The van der Waals surface area contributed by atoms with Gasteiger partial charge in [0.15, 0.2) is 0 Å². The van der Waals surface area contributed by atoms with Gasteiger partial charge in [0.2, 0.25) is 0 Å². The predicted octanol–water partition coefficient (Wildman–Crippen LogP) is 5.60. The van der Waals surface area contributed by atoms with Gasteiger partial charge in [0, 0.05) is 17.8 Å². The van der Waals surface area contributed by atoms with Crippen molar-refractivity contribution in [2.24, 2.45) is 0 Å². The van der Waals surface area contributed by atoms with Gasteiger partial charge in [-0.3, -0.25) is 0 Å².